The van der Waals surface area contributed by atoms with Gasteiger partial charge in [-0.25, -0.2) is 4.79 Å². The van der Waals surface area contributed by atoms with Crippen molar-refractivity contribution in [2.45, 2.75) is 13.0 Å². The first-order chi connectivity index (χ1) is 16.4. The van der Waals surface area contributed by atoms with E-state index in [1.54, 1.807) is 31.2 Å². The molecule has 8 heteroatoms. The number of para-hydroxylation sites is 2. The second-order valence-electron chi connectivity index (χ2n) is 7.65. The average Bonchev–Trinajstić information content (AvgIpc) is 3.12. The van der Waals surface area contributed by atoms with Crippen molar-refractivity contribution in [2.24, 2.45) is 0 Å². The number of nitrogens with zero attached hydrogens (tertiary/aromatic N) is 1. The van der Waals surface area contributed by atoms with Crippen LogP contribution in [0.1, 0.15) is 49.6 Å². The Morgan fingerprint density at radius 1 is 0.912 bits per heavy atom. The molecule has 0 radical (unpaired) electrons. The molecule has 3 amide bonds. The van der Waals surface area contributed by atoms with Crippen LogP contribution in [0.2, 0.25) is 0 Å². The summed E-state index contributed by atoms with van der Waals surface area (Å²) in [5, 5.41) is 2.61. The standard InChI is InChI=1S/C26H22N2O6/c1-16(17-8-4-3-5-9-17)28-24(30)19-13-12-18(14-20(19)25(28)31)26(32)34-15-23(29)27-21-10-6-7-11-22(21)33-2/h3-14,16H,15H2,1-2H3,(H,27,29)/t16-/m1/s1. The van der Waals surface area contributed by atoms with Crippen molar-refractivity contribution >= 4 is 29.4 Å². The van der Waals surface area contributed by atoms with Crippen LogP contribution in [0.5, 0.6) is 5.75 Å². The number of imide groups is 1. The van der Waals surface area contributed by atoms with Crippen LogP contribution in [0.3, 0.4) is 0 Å². The number of rotatable bonds is 7. The first kappa shape index (κ1) is 22.7. The van der Waals surface area contributed by atoms with Gasteiger partial charge >= 0.3 is 5.97 Å². The number of methoxy groups -OCH3 is 1. The Balaban J connectivity index is 1.44. The lowest BCUT2D eigenvalue weighted by atomic mass is 10.1. The number of carbonyl (C=O) groups is 4. The van der Waals surface area contributed by atoms with Crippen LogP contribution in [0.4, 0.5) is 5.69 Å². The van der Waals surface area contributed by atoms with Crippen molar-refractivity contribution in [3.05, 3.63) is 95.1 Å². The van der Waals surface area contributed by atoms with Crippen LogP contribution in [0, 0.1) is 0 Å². The molecule has 0 fully saturated rings. The van der Waals surface area contributed by atoms with E-state index in [4.69, 9.17) is 9.47 Å². The molecule has 0 aromatic heterocycles. The number of hydrogen-bond acceptors (Lipinski definition) is 6. The number of nitrogens with one attached hydrogen (secondary N) is 1. The molecular formula is C26H22N2O6. The largest absolute Gasteiger partial charge is 0.495 e. The SMILES string of the molecule is COc1ccccc1NC(=O)COC(=O)c1ccc2c(c1)C(=O)N([C@H](C)c1ccccc1)C2=O. The quantitative estimate of drug-likeness (QED) is 0.426. The highest BCUT2D eigenvalue weighted by molar-refractivity contribution is 6.22. The highest BCUT2D eigenvalue weighted by Gasteiger charge is 2.39. The minimum absolute atomic E-state index is 0.0687. The molecule has 4 rings (SSSR count). The molecule has 0 bridgehead atoms. The monoisotopic (exact) mass is 458 g/mol. The summed E-state index contributed by atoms with van der Waals surface area (Å²) in [5.41, 5.74) is 1.68. The fourth-order valence-corrected chi connectivity index (χ4v) is 3.77. The van der Waals surface area contributed by atoms with Crippen molar-refractivity contribution < 1.29 is 28.7 Å². The number of carbonyl (C=O) groups excluding carboxylic acids is 4. The third kappa shape index (κ3) is 4.38. The van der Waals surface area contributed by atoms with Crippen LogP contribution in [-0.2, 0) is 9.53 Å². The number of fused-ring (bicyclic) bond motifs is 1. The molecule has 1 aliphatic heterocycles. The molecule has 1 aliphatic rings. The fraction of sp³-hybridized carbons (Fsp3) is 0.154. The minimum Gasteiger partial charge on any atom is -0.495 e. The van der Waals surface area contributed by atoms with Gasteiger partial charge in [-0.15, -0.1) is 0 Å². The Bertz CT molecular complexity index is 1270. The molecule has 3 aromatic rings. The van der Waals surface area contributed by atoms with Gasteiger partial charge in [-0.05, 0) is 42.8 Å². The molecule has 0 spiro atoms. The molecule has 0 unspecified atom stereocenters. The zero-order valence-electron chi connectivity index (χ0n) is 18.6. The second kappa shape index (κ2) is 9.58. The molecule has 1 atom stereocenters. The topological polar surface area (TPSA) is 102 Å². The van der Waals surface area contributed by atoms with E-state index in [1.165, 1.54) is 30.2 Å². The number of esters is 1. The molecule has 0 saturated carbocycles. The van der Waals surface area contributed by atoms with Gasteiger partial charge in [0.1, 0.15) is 5.75 Å². The molecule has 34 heavy (non-hydrogen) atoms. The lowest BCUT2D eigenvalue weighted by Gasteiger charge is -2.22. The third-order valence-corrected chi connectivity index (χ3v) is 5.54. The van der Waals surface area contributed by atoms with E-state index in [1.807, 2.05) is 30.3 Å². The van der Waals surface area contributed by atoms with Gasteiger partial charge in [0, 0.05) is 0 Å². The van der Waals surface area contributed by atoms with E-state index in [-0.39, 0.29) is 16.7 Å². The van der Waals surface area contributed by atoms with Crippen molar-refractivity contribution in [2.75, 3.05) is 19.0 Å². The molecule has 0 aliphatic carbocycles. The van der Waals surface area contributed by atoms with Crippen LogP contribution in [0.15, 0.2) is 72.8 Å². The highest BCUT2D eigenvalue weighted by Crippen LogP contribution is 2.32. The fourth-order valence-electron chi connectivity index (χ4n) is 3.77. The van der Waals surface area contributed by atoms with E-state index in [0.717, 1.165) is 5.56 Å². The van der Waals surface area contributed by atoms with E-state index < -0.39 is 36.3 Å². The van der Waals surface area contributed by atoms with Crippen LogP contribution < -0.4 is 10.1 Å². The summed E-state index contributed by atoms with van der Waals surface area (Å²) in [7, 11) is 1.48. The second-order valence-corrected chi connectivity index (χ2v) is 7.65. The molecule has 1 heterocycles. The third-order valence-electron chi connectivity index (χ3n) is 5.54. The lowest BCUT2D eigenvalue weighted by Crippen LogP contribution is -2.32. The summed E-state index contributed by atoms with van der Waals surface area (Å²) in [6, 6.07) is 19.7. The normalized spacial score (nSPS) is 13.3. The summed E-state index contributed by atoms with van der Waals surface area (Å²) >= 11 is 0. The summed E-state index contributed by atoms with van der Waals surface area (Å²) in [4.78, 5) is 51.8. The number of hydrogen-bond donors (Lipinski definition) is 1. The Labute approximate surface area is 196 Å². The van der Waals surface area contributed by atoms with Crippen LogP contribution in [0.25, 0.3) is 0 Å². The Kier molecular flexibility index (Phi) is 6.40. The maximum absolute atomic E-state index is 13.0. The molecule has 1 N–H and O–H groups in total. The Morgan fingerprint density at radius 3 is 2.32 bits per heavy atom. The van der Waals surface area contributed by atoms with Gasteiger partial charge in [0.15, 0.2) is 6.61 Å². The van der Waals surface area contributed by atoms with Crippen LogP contribution >= 0.6 is 0 Å². The summed E-state index contributed by atoms with van der Waals surface area (Å²) in [6.45, 7) is 1.24. The van der Waals surface area contributed by atoms with Gasteiger partial charge in [0.2, 0.25) is 0 Å². The van der Waals surface area contributed by atoms with Crippen molar-refractivity contribution in [3.63, 3.8) is 0 Å². The van der Waals surface area contributed by atoms with E-state index in [2.05, 4.69) is 5.32 Å². The predicted molar refractivity (Wildman–Crippen MR) is 124 cm³/mol. The Hall–Kier alpha value is -4.46. The van der Waals surface area contributed by atoms with Gasteiger partial charge in [0.05, 0.1) is 35.5 Å². The van der Waals surface area contributed by atoms with Gasteiger partial charge in [-0.1, -0.05) is 42.5 Å². The summed E-state index contributed by atoms with van der Waals surface area (Å²) in [6.07, 6.45) is 0. The van der Waals surface area contributed by atoms with Crippen LogP contribution in [-0.4, -0.2) is 42.3 Å². The summed E-state index contributed by atoms with van der Waals surface area (Å²) < 4.78 is 10.3. The zero-order valence-corrected chi connectivity index (χ0v) is 18.6. The molecular weight excluding hydrogens is 436 g/mol. The van der Waals surface area contributed by atoms with Crippen molar-refractivity contribution in [3.8, 4) is 5.75 Å². The predicted octanol–water partition coefficient (Wildman–Crippen LogP) is 3.85. The molecule has 8 nitrogen and oxygen atoms in total. The Morgan fingerprint density at radius 2 is 1.59 bits per heavy atom. The first-order valence-corrected chi connectivity index (χ1v) is 10.6. The molecule has 172 valence electrons. The van der Waals surface area contributed by atoms with E-state index in [9.17, 15) is 19.2 Å². The zero-order chi connectivity index (χ0) is 24.2. The van der Waals surface area contributed by atoms with Gasteiger partial charge < -0.3 is 14.8 Å². The number of anilines is 1. The maximum atomic E-state index is 13.0. The van der Waals surface area contributed by atoms with E-state index >= 15 is 0 Å². The minimum atomic E-state index is -0.784. The number of ether oxygens (including phenoxy) is 2. The highest BCUT2D eigenvalue weighted by atomic mass is 16.5. The summed E-state index contributed by atoms with van der Waals surface area (Å²) in [5.74, 6) is -1.77. The number of amides is 3. The van der Waals surface area contributed by atoms with Gasteiger partial charge in [-0.3, -0.25) is 19.3 Å². The van der Waals surface area contributed by atoms with E-state index in [0.29, 0.717) is 11.4 Å². The van der Waals surface area contributed by atoms with Gasteiger partial charge in [-0.2, -0.15) is 0 Å². The first-order valence-electron chi connectivity index (χ1n) is 10.6. The lowest BCUT2D eigenvalue weighted by molar-refractivity contribution is -0.119. The number of benzene rings is 3. The van der Waals surface area contributed by atoms with Crippen molar-refractivity contribution in [1.82, 2.24) is 4.90 Å². The molecule has 0 saturated heterocycles. The average molecular weight is 458 g/mol. The smallest absolute Gasteiger partial charge is 0.338 e. The van der Waals surface area contributed by atoms with Crippen molar-refractivity contribution in [1.29, 1.82) is 0 Å². The van der Waals surface area contributed by atoms with Gasteiger partial charge in [0.25, 0.3) is 17.7 Å². The maximum Gasteiger partial charge on any atom is 0.338 e. The molecule has 3 aromatic carbocycles.